The second kappa shape index (κ2) is 13.7. The fraction of sp³-hybridized carbons (Fsp3) is 0.778. The average Bonchev–Trinajstić information content (AvgIpc) is 2.18. The molecule has 0 radical (unpaired) electrons. The molecule has 0 rings (SSSR count). The van der Waals surface area contributed by atoms with Crippen LogP contribution < -0.4 is 5.32 Å². The zero-order valence-corrected chi connectivity index (χ0v) is 8.63. The molecule has 0 aromatic carbocycles. The predicted octanol–water partition coefficient (Wildman–Crippen LogP) is 1.00. The van der Waals surface area contributed by atoms with Crippen molar-refractivity contribution < 1.29 is 15.8 Å². The minimum Gasteiger partial charge on any atom is -0.364 e. The van der Waals surface area contributed by atoms with E-state index < -0.39 is 0 Å². The maximum Gasteiger partial charge on any atom is 0.246 e. The van der Waals surface area contributed by atoms with Crippen LogP contribution >= 0.6 is 0 Å². The number of rotatable bonds is 6. The van der Waals surface area contributed by atoms with Gasteiger partial charge in [-0.25, -0.2) is 0 Å². The molecule has 0 heterocycles. The zero-order chi connectivity index (χ0) is 10.5. The lowest BCUT2D eigenvalue weighted by atomic mass is 10.5. The van der Waals surface area contributed by atoms with Gasteiger partial charge in [0, 0.05) is 7.97 Å². The van der Waals surface area contributed by atoms with Gasteiger partial charge >= 0.3 is 0 Å². The van der Waals surface area contributed by atoms with Crippen LogP contribution in [0, 0.1) is 0 Å². The van der Waals surface area contributed by atoms with Crippen molar-refractivity contribution in [3.8, 4) is 0 Å². The standard InChI is InChI=1S/C7H13NO3.C2H6.H2/c1-2-3-8-7(10)6-11-5-4-9;1-2;/h4H,2-3,5-6H2,1H3,(H,8,10);1-2H3;1H. The number of ether oxygens (including phenoxy) is 1. The molecule has 0 saturated carbocycles. The van der Waals surface area contributed by atoms with E-state index in [1.807, 2.05) is 20.8 Å². The predicted molar refractivity (Wildman–Crippen MR) is 53.6 cm³/mol. The molecule has 0 aliphatic carbocycles. The van der Waals surface area contributed by atoms with E-state index in [0.717, 1.165) is 6.42 Å². The van der Waals surface area contributed by atoms with E-state index in [1.165, 1.54) is 0 Å². The fourth-order valence-electron chi connectivity index (χ4n) is 0.515. The van der Waals surface area contributed by atoms with Gasteiger partial charge in [-0.1, -0.05) is 20.8 Å². The van der Waals surface area contributed by atoms with Gasteiger partial charge in [0.2, 0.25) is 5.91 Å². The number of amides is 1. The minimum atomic E-state index is -0.172. The van der Waals surface area contributed by atoms with E-state index in [4.69, 9.17) is 0 Å². The normalized spacial score (nSPS) is 8.23. The summed E-state index contributed by atoms with van der Waals surface area (Å²) >= 11 is 0. The van der Waals surface area contributed by atoms with Crippen LogP contribution in [0.3, 0.4) is 0 Å². The van der Waals surface area contributed by atoms with Gasteiger partial charge in [-0.05, 0) is 6.42 Å². The first-order chi connectivity index (χ1) is 6.31. The Bertz CT molecular complexity index is 131. The Labute approximate surface area is 81.1 Å². The monoisotopic (exact) mass is 191 g/mol. The molecule has 0 aliphatic rings. The summed E-state index contributed by atoms with van der Waals surface area (Å²) in [5.74, 6) is -0.172. The molecule has 4 nitrogen and oxygen atoms in total. The molecule has 4 heteroatoms. The van der Waals surface area contributed by atoms with Gasteiger partial charge in [0.15, 0.2) is 0 Å². The molecule has 0 fully saturated rings. The molecular weight excluding hydrogens is 170 g/mol. The first-order valence-electron chi connectivity index (χ1n) is 4.59. The van der Waals surface area contributed by atoms with Crippen molar-refractivity contribution in [1.82, 2.24) is 5.32 Å². The molecule has 13 heavy (non-hydrogen) atoms. The van der Waals surface area contributed by atoms with E-state index >= 15 is 0 Å². The quantitative estimate of drug-likeness (QED) is 0.503. The van der Waals surface area contributed by atoms with Crippen LogP contribution in [-0.2, 0) is 14.3 Å². The number of aldehydes is 1. The summed E-state index contributed by atoms with van der Waals surface area (Å²) in [6.45, 7) is 6.58. The number of carbonyl (C=O) groups is 2. The van der Waals surface area contributed by atoms with Crippen LogP contribution in [0.5, 0.6) is 0 Å². The van der Waals surface area contributed by atoms with E-state index in [9.17, 15) is 9.59 Å². The fourth-order valence-corrected chi connectivity index (χ4v) is 0.515. The number of nitrogens with one attached hydrogen (secondary N) is 1. The third-order valence-electron chi connectivity index (χ3n) is 0.991. The summed E-state index contributed by atoms with van der Waals surface area (Å²) in [5.41, 5.74) is 0. The summed E-state index contributed by atoms with van der Waals surface area (Å²) in [6, 6.07) is 0. The van der Waals surface area contributed by atoms with Gasteiger partial charge in [0.25, 0.3) is 0 Å². The Hall–Kier alpha value is -0.900. The Balaban J connectivity index is -0.000000376. The van der Waals surface area contributed by atoms with Gasteiger partial charge in [-0.2, -0.15) is 0 Å². The molecule has 0 aromatic heterocycles. The largest absolute Gasteiger partial charge is 0.364 e. The van der Waals surface area contributed by atoms with E-state index in [-0.39, 0.29) is 20.5 Å². The lowest BCUT2D eigenvalue weighted by Gasteiger charge is -2.01. The lowest BCUT2D eigenvalue weighted by Crippen LogP contribution is -2.28. The van der Waals surface area contributed by atoms with Gasteiger partial charge in [-0.15, -0.1) is 0 Å². The first kappa shape index (κ1) is 14.6. The smallest absolute Gasteiger partial charge is 0.246 e. The first-order valence-corrected chi connectivity index (χ1v) is 4.59. The second-order valence-corrected chi connectivity index (χ2v) is 2.03. The minimum absolute atomic E-state index is 0. The summed E-state index contributed by atoms with van der Waals surface area (Å²) in [6.07, 6.45) is 1.52. The molecule has 0 aromatic rings. The van der Waals surface area contributed by atoms with Crippen molar-refractivity contribution in [3.63, 3.8) is 0 Å². The number of hydrogen-bond donors (Lipinski definition) is 1. The molecule has 0 aliphatic heterocycles. The zero-order valence-electron chi connectivity index (χ0n) is 8.63. The summed E-state index contributed by atoms with van der Waals surface area (Å²) in [5, 5.41) is 2.61. The van der Waals surface area contributed by atoms with Crippen molar-refractivity contribution in [2.75, 3.05) is 19.8 Å². The summed E-state index contributed by atoms with van der Waals surface area (Å²) < 4.78 is 4.66. The Kier molecular flexibility index (Phi) is 15.4. The van der Waals surface area contributed by atoms with Crippen molar-refractivity contribution in [1.29, 1.82) is 0 Å². The van der Waals surface area contributed by atoms with Crippen molar-refractivity contribution in [2.24, 2.45) is 0 Å². The van der Waals surface area contributed by atoms with Crippen LogP contribution in [-0.4, -0.2) is 32.0 Å². The molecule has 80 valence electrons. The van der Waals surface area contributed by atoms with Gasteiger partial charge in [-0.3, -0.25) is 4.79 Å². The Morgan fingerprint density at radius 2 is 2.15 bits per heavy atom. The third kappa shape index (κ3) is 14.0. The van der Waals surface area contributed by atoms with Crippen LogP contribution in [0.1, 0.15) is 28.6 Å². The van der Waals surface area contributed by atoms with Crippen molar-refractivity contribution in [2.45, 2.75) is 27.2 Å². The van der Waals surface area contributed by atoms with Gasteiger partial charge < -0.3 is 14.8 Å². The Morgan fingerprint density at radius 1 is 1.54 bits per heavy atom. The molecule has 1 N–H and O–H groups in total. The molecule has 1 amide bonds. The van der Waals surface area contributed by atoms with Crippen LogP contribution in [0.4, 0.5) is 0 Å². The third-order valence-corrected chi connectivity index (χ3v) is 0.991. The second-order valence-electron chi connectivity index (χ2n) is 2.03. The van der Waals surface area contributed by atoms with Crippen LogP contribution in [0.15, 0.2) is 0 Å². The SMILES string of the molecule is CC.CCCNC(=O)COCC=O.[HH]. The van der Waals surface area contributed by atoms with Gasteiger partial charge in [0.1, 0.15) is 19.5 Å². The van der Waals surface area contributed by atoms with E-state index in [1.54, 1.807) is 0 Å². The van der Waals surface area contributed by atoms with E-state index in [2.05, 4.69) is 10.1 Å². The summed E-state index contributed by atoms with van der Waals surface area (Å²) in [7, 11) is 0. The van der Waals surface area contributed by atoms with Crippen molar-refractivity contribution in [3.05, 3.63) is 0 Å². The highest BCUT2D eigenvalue weighted by atomic mass is 16.5. The van der Waals surface area contributed by atoms with E-state index in [0.29, 0.717) is 12.8 Å². The molecule has 0 unspecified atom stereocenters. The molecule has 0 saturated heterocycles. The highest BCUT2D eigenvalue weighted by molar-refractivity contribution is 5.77. The number of hydrogen-bond acceptors (Lipinski definition) is 3. The molecule has 0 spiro atoms. The van der Waals surface area contributed by atoms with Crippen LogP contribution in [0.2, 0.25) is 0 Å². The van der Waals surface area contributed by atoms with Crippen molar-refractivity contribution >= 4 is 12.2 Å². The van der Waals surface area contributed by atoms with Gasteiger partial charge in [0.05, 0.1) is 0 Å². The maximum atomic E-state index is 10.7. The number of carbonyl (C=O) groups excluding carboxylic acids is 2. The lowest BCUT2D eigenvalue weighted by molar-refractivity contribution is -0.126. The molecular formula is C9H21NO3. The maximum absolute atomic E-state index is 10.7. The van der Waals surface area contributed by atoms with Crippen LogP contribution in [0.25, 0.3) is 0 Å². The topological polar surface area (TPSA) is 55.4 Å². The molecule has 0 bridgehead atoms. The molecule has 0 atom stereocenters. The highest BCUT2D eigenvalue weighted by Gasteiger charge is 1.97. The summed E-state index contributed by atoms with van der Waals surface area (Å²) in [4.78, 5) is 20.5. The Morgan fingerprint density at radius 3 is 2.62 bits per heavy atom. The average molecular weight is 191 g/mol. The highest BCUT2D eigenvalue weighted by Crippen LogP contribution is 1.74.